The van der Waals surface area contributed by atoms with E-state index in [4.69, 9.17) is 4.74 Å². The fourth-order valence-electron chi connectivity index (χ4n) is 2.41. The van der Waals surface area contributed by atoms with E-state index in [-0.39, 0.29) is 17.8 Å². The number of amides is 1. The van der Waals surface area contributed by atoms with Crippen LogP contribution in [0.25, 0.3) is 0 Å². The summed E-state index contributed by atoms with van der Waals surface area (Å²) in [6.45, 7) is 1.29. The van der Waals surface area contributed by atoms with E-state index in [0.29, 0.717) is 32.4 Å². The molecule has 4 heteroatoms. The molecule has 0 aromatic heterocycles. The standard InChI is InChI=1S/C15H19NO3/c1-19-15(18)13-7-9-16(10-8-13)14(17)11-12-5-3-2-4-6-12/h2-6,13H,7-11H2,1H3. The maximum absolute atomic E-state index is 12.1. The largest absolute Gasteiger partial charge is 0.469 e. The fourth-order valence-corrected chi connectivity index (χ4v) is 2.41. The first-order chi connectivity index (χ1) is 9.20. The fraction of sp³-hybridized carbons (Fsp3) is 0.467. The van der Waals surface area contributed by atoms with Crippen LogP contribution in [0, 0.1) is 5.92 Å². The molecule has 0 radical (unpaired) electrons. The van der Waals surface area contributed by atoms with Gasteiger partial charge in [0.05, 0.1) is 19.4 Å². The van der Waals surface area contributed by atoms with E-state index in [2.05, 4.69) is 0 Å². The summed E-state index contributed by atoms with van der Waals surface area (Å²) in [7, 11) is 1.41. The summed E-state index contributed by atoms with van der Waals surface area (Å²) in [6, 6.07) is 9.73. The molecule has 0 N–H and O–H groups in total. The van der Waals surface area contributed by atoms with E-state index in [1.54, 1.807) is 0 Å². The highest BCUT2D eigenvalue weighted by molar-refractivity contribution is 5.79. The number of carbonyl (C=O) groups excluding carboxylic acids is 2. The van der Waals surface area contributed by atoms with Gasteiger partial charge in [0, 0.05) is 13.1 Å². The quantitative estimate of drug-likeness (QED) is 0.777. The van der Waals surface area contributed by atoms with E-state index >= 15 is 0 Å². The number of nitrogens with zero attached hydrogens (tertiary/aromatic N) is 1. The van der Waals surface area contributed by atoms with Gasteiger partial charge in [-0.2, -0.15) is 0 Å². The topological polar surface area (TPSA) is 46.6 Å². The Morgan fingerprint density at radius 3 is 2.42 bits per heavy atom. The van der Waals surface area contributed by atoms with Crippen molar-refractivity contribution in [1.29, 1.82) is 0 Å². The van der Waals surface area contributed by atoms with Gasteiger partial charge in [-0.1, -0.05) is 30.3 Å². The second-order valence-electron chi connectivity index (χ2n) is 4.84. The third kappa shape index (κ3) is 3.56. The molecule has 0 saturated carbocycles. The number of likely N-dealkylation sites (tertiary alicyclic amines) is 1. The third-order valence-electron chi connectivity index (χ3n) is 3.58. The molecule has 19 heavy (non-hydrogen) atoms. The monoisotopic (exact) mass is 261 g/mol. The zero-order valence-electron chi connectivity index (χ0n) is 11.2. The van der Waals surface area contributed by atoms with Gasteiger partial charge in [-0.05, 0) is 18.4 Å². The summed E-state index contributed by atoms with van der Waals surface area (Å²) >= 11 is 0. The molecular formula is C15H19NO3. The first-order valence-electron chi connectivity index (χ1n) is 6.60. The van der Waals surface area contributed by atoms with Gasteiger partial charge in [0.2, 0.25) is 5.91 Å². The molecule has 4 nitrogen and oxygen atoms in total. The lowest BCUT2D eigenvalue weighted by atomic mass is 9.96. The van der Waals surface area contributed by atoms with Crippen molar-refractivity contribution in [2.24, 2.45) is 5.92 Å². The first-order valence-corrected chi connectivity index (χ1v) is 6.60. The van der Waals surface area contributed by atoms with Gasteiger partial charge in [0.1, 0.15) is 0 Å². The lowest BCUT2D eigenvalue weighted by Gasteiger charge is -2.30. The third-order valence-corrected chi connectivity index (χ3v) is 3.58. The SMILES string of the molecule is COC(=O)C1CCN(C(=O)Cc2ccccc2)CC1. The van der Waals surface area contributed by atoms with Gasteiger partial charge >= 0.3 is 5.97 Å². The Hall–Kier alpha value is -1.84. The molecule has 1 aromatic rings. The Labute approximate surface area is 113 Å². The van der Waals surface area contributed by atoms with Crippen LogP contribution in [-0.2, 0) is 20.7 Å². The average molecular weight is 261 g/mol. The number of esters is 1. The summed E-state index contributed by atoms with van der Waals surface area (Å²) < 4.78 is 4.74. The average Bonchev–Trinajstić information content (AvgIpc) is 2.47. The Bertz CT molecular complexity index is 436. The van der Waals surface area contributed by atoms with Crippen molar-refractivity contribution in [2.75, 3.05) is 20.2 Å². The number of carbonyl (C=O) groups is 2. The second kappa shape index (κ2) is 6.36. The van der Waals surface area contributed by atoms with E-state index in [1.807, 2.05) is 35.2 Å². The van der Waals surface area contributed by atoms with Gasteiger partial charge in [-0.3, -0.25) is 9.59 Å². The van der Waals surface area contributed by atoms with E-state index in [1.165, 1.54) is 7.11 Å². The minimum absolute atomic E-state index is 0.0502. The summed E-state index contributed by atoms with van der Waals surface area (Å²) in [4.78, 5) is 25.4. The van der Waals surface area contributed by atoms with Gasteiger partial charge < -0.3 is 9.64 Å². The molecule has 1 aromatic carbocycles. The molecular weight excluding hydrogens is 242 g/mol. The van der Waals surface area contributed by atoms with Crippen LogP contribution in [0.1, 0.15) is 18.4 Å². The highest BCUT2D eigenvalue weighted by Gasteiger charge is 2.27. The number of piperidine rings is 1. The lowest BCUT2D eigenvalue weighted by molar-refractivity contribution is -0.148. The highest BCUT2D eigenvalue weighted by atomic mass is 16.5. The molecule has 0 aliphatic carbocycles. The van der Waals surface area contributed by atoms with E-state index < -0.39 is 0 Å². The Morgan fingerprint density at radius 2 is 1.84 bits per heavy atom. The van der Waals surface area contributed by atoms with Crippen LogP contribution in [0.5, 0.6) is 0 Å². The van der Waals surface area contributed by atoms with Crippen molar-refractivity contribution in [3.05, 3.63) is 35.9 Å². The minimum atomic E-state index is -0.157. The van der Waals surface area contributed by atoms with Gasteiger partial charge in [0.25, 0.3) is 0 Å². The summed E-state index contributed by atoms with van der Waals surface area (Å²) in [6.07, 6.45) is 1.84. The molecule has 102 valence electrons. The molecule has 1 aliphatic heterocycles. The van der Waals surface area contributed by atoms with Crippen LogP contribution in [0.4, 0.5) is 0 Å². The maximum atomic E-state index is 12.1. The smallest absolute Gasteiger partial charge is 0.308 e. The first kappa shape index (κ1) is 13.6. The number of benzene rings is 1. The van der Waals surface area contributed by atoms with Crippen LogP contribution >= 0.6 is 0 Å². The van der Waals surface area contributed by atoms with Crippen LogP contribution in [0.3, 0.4) is 0 Å². The van der Waals surface area contributed by atoms with Gasteiger partial charge in [-0.25, -0.2) is 0 Å². The Balaban J connectivity index is 1.84. The van der Waals surface area contributed by atoms with Crippen LogP contribution in [0.2, 0.25) is 0 Å². The number of rotatable bonds is 3. The second-order valence-corrected chi connectivity index (χ2v) is 4.84. The van der Waals surface area contributed by atoms with E-state index in [9.17, 15) is 9.59 Å². The normalized spacial score (nSPS) is 16.2. The highest BCUT2D eigenvalue weighted by Crippen LogP contribution is 2.19. The summed E-state index contributed by atoms with van der Waals surface area (Å²) in [5, 5.41) is 0. The molecule has 2 rings (SSSR count). The molecule has 0 unspecified atom stereocenters. The van der Waals surface area contributed by atoms with Gasteiger partial charge in [-0.15, -0.1) is 0 Å². The van der Waals surface area contributed by atoms with Crippen molar-refractivity contribution in [3.8, 4) is 0 Å². The zero-order chi connectivity index (χ0) is 13.7. The Morgan fingerprint density at radius 1 is 1.21 bits per heavy atom. The molecule has 1 fully saturated rings. The number of hydrogen-bond acceptors (Lipinski definition) is 3. The Kier molecular flexibility index (Phi) is 4.55. The minimum Gasteiger partial charge on any atom is -0.469 e. The molecule has 1 heterocycles. The van der Waals surface area contributed by atoms with Crippen LogP contribution in [0.15, 0.2) is 30.3 Å². The predicted octanol–water partition coefficient (Wildman–Crippen LogP) is 1.64. The van der Waals surface area contributed by atoms with Crippen molar-refractivity contribution in [3.63, 3.8) is 0 Å². The number of hydrogen-bond donors (Lipinski definition) is 0. The molecule has 1 aliphatic rings. The van der Waals surface area contributed by atoms with Crippen LogP contribution < -0.4 is 0 Å². The summed E-state index contributed by atoms with van der Waals surface area (Å²) in [5.41, 5.74) is 1.03. The molecule has 1 amide bonds. The summed E-state index contributed by atoms with van der Waals surface area (Å²) in [5.74, 6) is -0.0737. The van der Waals surface area contributed by atoms with Crippen molar-refractivity contribution in [1.82, 2.24) is 4.90 Å². The van der Waals surface area contributed by atoms with Crippen molar-refractivity contribution in [2.45, 2.75) is 19.3 Å². The van der Waals surface area contributed by atoms with Crippen molar-refractivity contribution >= 4 is 11.9 Å². The van der Waals surface area contributed by atoms with Gasteiger partial charge in [0.15, 0.2) is 0 Å². The molecule has 0 spiro atoms. The van der Waals surface area contributed by atoms with Crippen LogP contribution in [-0.4, -0.2) is 37.0 Å². The number of methoxy groups -OCH3 is 1. The lowest BCUT2D eigenvalue weighted by Crippen LogP contribution is -2.41. The molecule has 0 bridgehead atoms. The molecule has 0 atom stereocenters. The predicted molar refractivity (Wildman–Crippen MR) is 71.5 cm³/mol. The maximum Gasteiger partial charge on any atom is 0.308 e. The zero-order valence-corrected chi connectivity index (χ0v) is 11.2. The van der Waals surface area contributed by atoms with E-state index in [0.717, 1.165) is 5.56 Å². The van der Waals surface area contributed by atoms with Crippen molar-refractivity contribution < 1.29 is 14.3 Å². The number of ether oxygens (including phenoxy) is 1. The molecule has 1 saturated heterocycles.